The summed E-state index contributed by atoms with van der Waals surface area (Å²) in [6, 6.07) is 0. The highest BCUT2D eigenvalue weighted by atomic mass is 16.2. The van der Waals surface area contributed by atoms with E-state index in [9.17, 15) is 9.59 Å². The van der Waals surface area contributed by atoms with Crippen LogP contribution >= 0.6 is 0 Å². The number of carbonyl (C=O) groups excluding carboxylic acids is 2. The van der Waals surface area contributed by atoms with Crippen molar-refractivity contribution in [1.82, 2.24) is 19.8 Å². The second kappa shape index (κ2) is 6.65. The van der Waals surface area contributed by atoms with Gasteiger partial charge in [-0.2, -0.15) is 0 Å². The first-order chi connectivity index (χ1) is 10.0. The van der Waals surface area contributed by atoms with E-state index in [2.05, 4.69) is 9.97 Å². The van der Waals surface area contributed by atoms with Crippen LogP contribution in [0.25, 0.3) is 0 Å². The summed E-state index contributed by atoms with van der Waals surface area (Å²) in [6.07, 6.45) is 4.82. The molecule has 0 aromatic carbocycles. The number of rotatable bonds is 4. The normalized spacial score (nSPS) is 17.9. The maximum Gasteiger partial charge on any atom is 0.274 e. The highest BCUT2D eigenvalue weighted by Crippen LogP contribution is 2.21. The van der Waals surface area contributed by atoms with Crippen LogP contribution in [0, 0.1) is 5.92 Å². The van der Waals surface area contributed by atoms with Gasteiger partial charge in [0.2, 0.25) is 5.91 Å². The minimum atomic E-state index is -0.0954. The third kappa shape index (κ3) is 3.56. The molecule has 114 valence electrons. The Bertz CT molecular complexity index is 532. The van der Waals surface area contributed by atoms with E-state index in [1.54, 1.807) is 31.3 Å². The Hall–Kier alpha value is -1.98. The molecule has 1 aromatic rings. The summed E-state index contributed by atoms with van der Waals surface area (Å²) in [5.74, 6) is 0.366. The van der Waals surface area contributed by atoms with Gasteiger partial charge in [-0.25, -0.2) is 4.98 Å². The first-order valence-corrected chi connectivity index (χ1v) is 7.33. The van der Waals surface area contributed by atoms with Crippen molar-refractivity contribution in [1.29, 1.82) is 0 Å². The molecule has 0 aliphatic carbocycles. The molecule has 2 rings (SSSR count). The topological polar surface area (TPSA) is 66.4 Å². The van der Waals surface area contributed by atoms with Gasteiger partial charge in [0.25, 0.3) is 5.91 Å². The number of nitrogens with zero attached hydrogens (tertiary/aromatic N) is 4. The van der Waals surface area contributed by atoms with Gasteiger partial charge in [0.1, 0.15) is 5.69 Å². The van der Waals surface area contributed by atoms with E-state index in [1.165, 1.54) is 0 Å². The second-order valence-corrected chi connectivity index (χ2v) is 5.49. The zero-order valence-electron chi connectivity index (χ0n) is 12.9. The molecule has 1 aromatic heterocycles. The predicted molar refractivity (Wildman–Crippen MR) is 78.7 cm³/mol. The zero-order chi connectivity index (χ0) is 15.4. The van der Waals surface area contributed by atoms with Gasteiger partial charge in [-0.3, -0.25) is 14.6 Å². The third-order valence-electron chi connectivity index (χ3n) is 4.01. The quantitative estimate of drug-likeness (QED) is 0.829. The van der Waals surface area contributed by atoms with Crippen molar-refractivity contribution in [2.45, 2.75) is 26.7 Å². The zero-order valence-corrected chi connectivity index (χ0v) is 12.9. The molecule has 1 fully saturated rings. The average Bonchev–Trinajstić information content (AvgIpc) is 2.95. The Morgan fingerprint density at radius 3 is 2.71 bits per heavy atom. The summed E-state index contributed by atoms with van der Waals surface area (Å²) in [7, 11) is 1.76. The van der Waals surface area contributed by atoms with E-state index in [-0.39, 0.29) is 11.8 Å². The Morgan fingerprint density at radius 1 is 1.38 bits per heavy atom. The van der Waals surface area contributed by atoms with Gasteiger partial charge < -0.3 is 9.80 Å². The maximum atomic E-state index is 12.3. The standard InChI is InChI=1S/C15H22N4O2/c1-4-18(3)15(21)14-13(16-6-7-17-14)9-12-5-8-19(10-12)11(2)20/h6-7,12H,4-5,8-10H2,1-3H3. The van der Waals surface area contributed by atoms with Crippen molar-refractivity contribution in [3.8, 4) is 0 Å². The average molecular weight is 290 g/mol. The molecule has 2 heterocycles. The molecule has 6 nitrogen and oxygen atoms in total. The number of aromatic nitrogens is 2. The van der Waals surface area contributed by atoms with Crippen molar-refractivity contribution in [2.75, 3.05) is 26.7 Å². The number of likely N-dealkylation sites (tertiary alicyclic amines) is 1. The Morgan fingerprint density at radius 2 is 2.10 bits per heavy atom. The minimum Gasteiger partial charge on any atom is -0.343 e. The lowest BCUT2D eigenvalue weighted by Gasteiger charge is -2.17. The number of carbonyl (C=O) groups is 2. The van der Waals surface area contributed by atoms with Gasteiger partial charge in [0.15, 0.2) is 0 Å². The molecule has 0 radical (unpaired) electrons. The highest BCUT2D eigenvalue weighted by molar-refractivity contribution is 5.93. The van der Waals surface area contributed by atoms with Crippen LogP contribution in [0.15, 0.2) is 12.4 Å². The van der Waals surface area contributed by atoms with Crippen molar-refractivity contribution < 1.29 is 9.59 Å². The van der Waals surface area contributed by atoms with Crippen LogP contribution in [0.5, 0.6) is 0 Å². The molecule has 6 heteroatoms. The van der Waals surface area contributed by atoms with Crippen LogP contribution in [0.4, 0.5) is 0 Å². The number of amides is 2. The monoisotopic (exact) mass is 290 g/mol. The first kappa shape index (κ1) is 15.4. The molecular formula is C15H22N4O2. The Kier molecular flexibility index (Phi) is 4.88. The van der Waals surface area contributed by atoms with Crippen LogP contribution in [-0.4, -0.2) is 58.3 Å². The number of hydrogen-bond donors (Lipinski definition) is 0. The molecule has 2 amide bonds. The summed E-state index contributed by atoms with van der Waals surface area (Å²) in [5, 5.41) is 0. The molecule has 0 N–H and O–H groups in total. The van der Waals surface area contributed by atoms with Gasteiger partial charge in [0, 0.05) is 46.0 Å². The van der Waals surface area contributed by atoms with E-state index in [1.807, 2.05) is 11.8 Å². The van der Waals surface area contributed by atoms with Crippen molar-refractivity contribution in [3.05, 3.63) is 23.8 Å². The fourth-order valence-electron chi connectivity index (χ4n) is 2.58. The van der Waals surface area contributed by atoms with Gasteiger partial charge >= 0.3 is 0 Å². The summed E-state index contributed by atoms with van der Waals surface area (Å²) in [4.78, 5) is 35.7. The van der Waals surface area contributed by atoms with E-state index < -0.39 is 0 Å². The summed E-state index contributed by atoms with van der Waals surface area (Å²) in [5.41, 5.74) is 1.17. The van der Waals surface area contributed by atoms with Gasteiger partial charge in [0.05, 0.1) is 5.69 Å². The molecular weight excluding hydrogens is 268 g/mol. The first-order valence-electron chi connectivity index (χ1n) is 7.33. The minimum absolute atomic E-state index is 0.0954. The fourth-order valence-corrected chi connectivity index (χ4v) is 2.58. The maximum absolute atomic E-state index is 12.3. The lowest BCUT2D eigenvalue weighted by Crippen LogP contribution is -2.29. The van der Waals surface area contributed by atoms with Crippen LogP contribution in [-0.2, 0) is 11.2 Å². The molecule has 1 unspecified atom stereocenters. The van der Waals surface area contributed by atoms with Crippen LogP contribution in [0.1, 0.15) is 36.5 Å². The molecule has 1 aliphatic heterocycles. The van der Waals surface area contributed by atoms with Gasteiger partial charge in [-0.05, 0) is 25.7 Å². The van der Waals surface area contributed by atoms with E-state index in [0.717, 1.165) is 25.2 Å². The molecule has 0 saturated carbocycles. The lowest BCUT2D eigenvalue weighted by molar-refractivity contribution is -0.127. The van der Waals surface area contributed by atoms with Crippen LogP contribution in [0.3, 0.4) is 0 Å². The molecule has 0 spiro atoms. The van der Waals surface area contributed by atoms with Crippen LogP contribution in [0.2, 0.25) is 0 Å². The SMILES string of the molecule is CCN(C)C(=O)c1nccnc1CC1CCN(C(C)=O)C1. The Balaban J connectivity index is 2.11. The summed E-state index contributed by atoms with van der Waals surface area (Å²) >= 11 is 0. The van der Waals surface area contributed by atoms with E-state index in [0.29, 0.717) is 24.6 Å². The molecule has 1 saturated heterocycles. The van der Waals surface area contributed by atoms with E-state index >= 15 is 0 Å². The molecule has 21 heavy (non-hydrogen) atoms. The van der Waals surface area contributed by atoms with Crippen molar-refractivity contribution in [3.63, 3.8) is 0 Å². The largest absolute Gasteiger partial charge is 0.343 e. The fraction of sp³-hybridized carbons (Fsp3) is 0.600. The molecule has 1 aliphatic rings. The summed E-state index contributed by atoms with van der Waals surface area (Å²) in [6.45, 7) is 5.68. The van der Waals surface area contributed by atoms with Crippen molar-refractivity contribution >= 4 is 11.8 Å². The van der Waals surface area contributed by atoms with E-state index in [4.69, 9.17) is 0 Å². The van der Waals surface area contributed by atoms with Gasteiger partial charge in [-0.15, -0.1) is 0 Å². The Labute approximate surface area is 125 Å². The third-order valence-corrected chi connectivity index (χ3v) is 4.01. The predicted octanol–water partition coefficient (Wildman–Crippen LogP) is 0.979. The highest BCUT2D eigenvalue weighted by Gasteiger charge is 2.27. The van der Waals surface area contributed by atoms with Crippen molar-refractivity contribution in [2.24, 2.45) is 5.92 Å². The van der Waals surface area contributed by atoms with Gasteiger partial charge in [-0.1, -0.05) is 0 Å². The second-order valence-electron chi connectivity index (χ2n) is 5.49. The summed E-state index contributed by atoms with van der Waals surface area (Å²) < 4.78 is 0. The number of hydrogen-bond acceptors (Lipinski definition) is 4. The smallest absolute Gasteiger partial charge is 0.274 e. The van der Waals surface area contributed by atoms with Crippen LogP contribution < -0.4 is 0 Å². The lowest BCUT2D eigenvalue weighted by atomic mass is 10.0. The molecule has 0 bridgehead atoms. The molecule has 1 atom stereocenters.